The number of sulfonamides is 1. The molecule has 1 aliphatic heterocycles. The van der Waals surface area contributed by atoms with Gasteiger partial charge in [-0.1, -0.05) is 12.1 Å². The number of nitriles is 1. The lowest BCUT2D eigenvalue weighted by atomic mass is 10.2. The van der Waals surface area contributed by atoms with Gasteiger partial charge in [-0.25, -0.2) is 5.01 Å². The maximum Gasteiger partial charge on any atom is 0.285 e. The summed E-state index contributed by atoms with van der Waals surface area (Å²) in [4.78, 5) is 0.144. The molecule has 2 aromatic rings. The smallest absolute Gasteiger partial charge is 0.285 e. The Labute approximate surface area is 133 Å². The zero-order valence-corrected chi connectivity index (χ0v) is 12.8. The van der Waals surface area contributed by atoms with E-state index in [-0.39, 0.29) is 23.7 Å². The van der Waals surface area contributed by atoms with Crippen molar-refractivity contribution in [2.45, 2.75) is 11.3 Å². The van der Waals surface area contributed by atoms with E-state index in [4.69, 9.17) is 9.68 Å². The molecule has 1 aromatic carbocycles. The summed E-state index contributed by atoms with van der Waals surface area (Å²) in [5.41, 5.74) is 0.474. The molecule has 7 nitrogen and oxygen atoms in total. The van der Waals surface area contributed by atoms with Gasteiger partial charge in [0.2, 0.25) is 0 Å². The molecular formula is C15H12N4O3S. The molecule has 0 saturated carbocycles. The van der Waals surface area contributed by atoms with Crippen LogP contribution in [0.1, 0.15) is 17.7 Å². The Hall–Kier alpha value is -2.92. The molecule has 0 unspecified atom stereocenters. The lowest BCUT2D eigenvalue weighted by Gasteiger charge is -2.17. The molecule has 8 heteroatoms. The van der Waals surface area contributed by atoms with Crippen LogP contribution in [-0.2, 0) is 10.0 Å². The SMILES string of the molecule is N#CCCN(/N=C/c1ccco1)C1=NS(=O)(=O)c2ccccc21. The molecule has 2 heterocycles. The fourth-order valence-electron chi connectivity index (χ4n) is 2.14. The van der Waals surface area contributed by atoms with Crippen molar-refractivity contribution in [2.24, 2.45) is 9.50 Å². The second kappa shape index (κ2) is 6.06. The number of amidine groups is 1. The predicted octanol–water partition coefficient (Wildman–Crippen LogP) is 1.98. The van der Waals surface area contributed by atoms with Crippen LogP contribution in [0.15, 0.2) is 61.5 Å². The van der Waals surface area contributed by atoms with Crippen LogP contribution >= 0.6 is 0 Å². The van der Waals surface area contributed by atoms with Gasteiger partial charge in [-0.2, -0.15) is 18.8 Å². The summed E-state index contributed by atoms with van der Waals surface area (Å²) in [7, 11) is -3.73. The fraction of sp³-hybridized carbons (Fsp3) is 0.133. The van der Waals surface area contributed by atoms with Crippen molar-refractivity contribution in [1.29, 1.82) is 5.26 Å². The van der Waals surface area contributed by atoms with E-state index in [9.17, 15) is 8.42 Å². The maximum absolute atomic E-state index is 12.1. The van der Waals surface area contributed by atoms with Gasteiger partial charge in [0.05, 0.1) is 31.5 Å². The van der Waals surface area contributed by atoms with Gasteiger partial charge in [0.25, 0.3) is 10.0 Å². The Morgan fingerprint density at radius 3 is 2.87 bits per heavy atom. The third-order valence-corrected chi connectivity index (χ3v) is 4.49. The minimum absolute atomic E-state index is 0.144. The van der Waals surface area contributed by atoms with Gasteiger partial charge in [-0.15, -0.1) is 4.40 Å². The van der Waals surface area contributed by atoms with Crippen molar-refractivity contribution < 1.29 is 12.8 Å². The molecule has 0 bridgehead atoms. The number of hydrazone groups is 1. The normalized spacial score (nSPS) is 15.2. The number of furan rings is 1. The topological polar surface area (TPSA) is 99.0 Å². The number of nitrogens with zero attached hydrogens (tertiary/aromatic N) is 4. The van der Waals surface area contributed by atoms with Crippen LogP contribution in [-0.4, -0.2) is 32.0 Å². The van der Waals surface area contributed by atoms with Crippen molar-refractivity contribution in [3.05, 3.63) is 54.0 Å². The third-order valence-electron chi connectivity index (χ3n) is 3.16. The van der Waals surface area contributed by atoms with Gasteiger partial charge >= 0.3 is 0 Å². The van der Waals surface area contributed by atoms with Crippen LogP contribution < -0.4 is 0 Å². The van der Waals surface area contributed by atoms with Gasteiger partial charge in [0.15, 0.2) is 5.84 Å². The summed E-state index contributed by atoms with van der Waals surface area (Å²) in [6.07, 6.45) is 3.14. The van der Waals surface area contributed by atoms with E-state index < -0.39 is 10.0 Å². The summed E-state index contributed by atoms with van der Waals surface area (Å²) >= 11 is 0. The highest BCUT2D eigenvalue weighted by molar-refractivity contribution is 7.90. The Bertz CT molecular complexity index is 908. The number of rotatable bonds is 4. The van der Waals surface area contributed by atoms with Crippen molar-refractivity contribution in [2.75, 3.05) is 6.54 Å². The average molecular weight is 328 g/mol. The first-order valence-corrected chi connectivity index (χ1v) is 8.22. The summed E-state index contributed by atoms with van der Waals surface area (Å²) in [5.74, 6) is 0.723. The number of fused-ring (bicyclic) bond motifs is 1. The van der Waals surface area contributed by atoms with Crippen molar-refractivity contribution in [3.63, 3.8) is 0 Å². The standard InChI is InChI=1S/C15H12N4O3S/c16-8-4-9-19(17-11-12-5-3-10-22-12)15-13-6-1-2-7-14(13)23(20,21)18-15/h1-3,5-7,10-11H,4,9H2/b17-11+. The third kappa shape index (κ3) is 3.00. The van der Waals surface area contributed by atoms with Crippen LogP contribution in [0.3, 0.4) is 0 Å². The molecule has 0 amide bonds. The van der Waals surface area contributed by atoms with Gasteiger partial charge in [-0.3, -0.25) is 0 Å². The van der Waals surface area contributed by atoms with Gasteiger partial charge in [0.1, 0.15) is 10.7 Å². The summed E-state index contributed by atoms with van der Waals surface area (Å²) in [5, 5.41) is 14.4. The molecule has 1 aromatic heterocycles. The molecule has 116 valence electrons. The first-order valence-electron chi connectivity index (χ1n) is 6.78. The maximum atomic E-state index is 12.1. The fourth-order valence-corrected chi connectivity index (χ4v) is 3.35. The molecule has 1 aliphatic rings. The van der Waals surface area contributed by atoms with E-state index in [1.54, 1.807) is 30.3 Å². The Balaban J connectivity index is 1.99. The van der Waals surface area contributed by atoms with E-state index in [0.717, 1.165) is 0 Å². The Kier molecular flexibility index (Phi) is 3.95. The summed E-state index contributed by atoms with van der Waals surface area (Å²) in [6, 6.07) is 12.0. The van der Waals surface area contributed by atoms with Crippen LogP contribution in [0.4, 0.5) is 0 Å². The monoisotopic (exact) mass is 328 g/mol. The van der Waals surface area contributed by atoms with E-state index in [1.807, 2.05) is 6.07 Å². The highest BCUT2D eigenvalue weighted by Gasteiger charge is 2.31. The molecule has 0 radical (unpaired) electrons. The minimum atomic E-state index is -3.73. The van der Waals surface area contributed by atoms with E-state index >= 15 is 0 Å². The molecular weight excluding hydrogens is 316 g/mol. The molecule has 0 fully saturated rings. The first kappa shape index (κ1) is 15.0. The van der Waals surface area contributed by atoms with Crippen molar-refractivity contribution in [1.82, 2.24) is 5.01 Å². The molecule has 23 heavy (non-hydrogen) atoms. The lowest BCUT2D eigenvalue weighted by Crippen LogP contribution is -2.27. The second-order valence-electron chi connectivity index (χ2n) is 4.68. The van der Waals surface area contributed by atoms with Crippen LogP contribution in [0.25, 0.3) is 0 Å². The highest BCUT2D eigenvalue weighted by atomic mass is 32.2. The largest absolute Gasteiger partial charge is 0.463 e. The molecule has 0 aliphatic carbocycles. The minimum Gasteiger partial charge on any atom is -0.463 e. The number of hydrogen-bond acceptors (Lipinski definition) is 6. The van der Waals surface area contributed by atoms with Crippen LogP contribution in [0.2, 0.25) is 0 Å². The molecule has 0 spiro atoms. The lowest BCUT2D eigenvalue weighted by molar-refractivity contribution is 0.456. The van der Waals surface area contributed by atoms with Crippen molar-refractivity contribution in [3.8, 4) is 6.07 Å². The molecule has 0 atom stereocenters. The van der Waals surface area contributed by atoms with E-state index in [2.05, 4.69) is 9.50 Å². The first-order chi connectivity index (χ1) is 11.1. The van der Waals surface area contributed by atoms with Gasteiger partial charge in [-0.05, 0) is 24.3 Å². The number of hydrogen-bond donors (Lipinski definition) is 0. The quantitative estimate of drug-likeness (QED) is 0.631. The summed E-state index contributed by atoms with van der Waals surface area (Å²) in [6.45, 7) is 0.219. The molecule has 0 saturated heterocycles. The summed E-state index contributed by atoms with van der Waals surface area (Å²) < 4.78 is 33.2. The van der Waals surface area contributed by atoms with Crippen LogP contribution in [0.5, 0.6) is 0 Å². The zero-order chi connectivity index (χ0) is 16.3. The molecule has 3 rings (SSSR count). The second-order valence-corrected chi connectivity index (χ2v) is 6.25. The van der Waals surface area contributed by atoms with Crippen LogP contribution in [0, 0.1) is 11.3 Å². The average Bonchev–Trinajstić information content (AvgIpc) is 3.15. The van der Waals surface area contributed by atoms with Gasteiger partial charge in [0, 0.05) is 5.56 Å². The van der Waals surface area contributed by atoms with Gasteiger partial charge < -0.3 is 4.42 Å². The van der Waals surface area contributed by atoms with E-state index in [1.165, 1.54) is 23.6 Å². The predicted molar refractivity (Wildman–Crippen MR) is 83.4 cm³/mol. The van der Waals surface area contributed by atoms with E-state index in [0.29, 0.717) is 11.3 Å². The van der Waals surface area contributed by atoms with Crippen molar-refractivity contribution >= 4 is 22.1 Å². The molecule has 0 N–H and O–H groups in total. The Morgan fingerprint density at radius 2 is 2.13 bits per heavy atom. The number of benzene rings is 1. The highest BCUT2D eigenvalue weighted by Crippen LogP contribution is 2.27. The Morgan fingerprint density at radius 1 is 1.30 bits per heavy atom. The zero-order valence-electron chi connectivity index (χ0n) is 12.0.